The lowest BCUT2D eigenvalue weighted by molar-refractivity contribution is -0.128. The molecular weight excluding hydrogens is 268 g/mol. The van der Waals surface area contributed by atoms with E-state index in [2.05, 4.69) is 0 Å². The van der Waals surface area contributed by atoms with Gasteiger partial charge in [-0.25, -0.2) is 4.79 Å². The minimum absolute atomic E-state index is 0.445. The van der Waals surface area contributed by atoms with Gasteiger partial charge in [-0.15, -0.1) is 0 Å². The molecule has 0 atom stereocenters. The zero-order valence-electron chi connectivity index (χ0n) is 11.9. The number of ether oxygens (including phenoxy) is 3. The average molecular weight is 284 g/mol. The van der Waals surface area contributed by atoms with Gasteiger partial charge in [0.15, 0.2) is 0 Å². The molecule has 0 aliphatic heterocycles. The Kier molecular flexibility index (Phi) is 4.99. The molecule has 21 heavy (non-hydrogen) atoms. The molecule has 0 radical (unpaired) electrons. The highest BCUT2D eigenvalue weighted by molar-refractivity contribution is 5.89. The Morgan fingerprint density at radius 2 is 1.71 bits per heavy atom. The van der Waals surface area contributed by atoms with Crippen molar-refractivity contribution in [2.24, 2.45) is 0 Å². The van der Waals surface area contributed by atoms with Gasteiger partial charge in [0.25, 0.3) is 0 Å². The topological polar surface area (TPSA) is 44.8 Å². The predicted molar refractivity (Wildman–Crippen MR) is 80.7 cm³/mol. The fraction of sp³-hybridized carbons (Fsp3) is 0.118. The molecule has 0 fully saturated rings. The number of methoxy groups -OCH3 is 2. The zero-order valence-corrected chi connectivity index (χ0v) is 11.9. The fourth-order valence-electron chi connectivity index (χ4n) is 1.75. The second kappa shape index (κ2) is 7.14. The van der Waals surface area contributed by atoms with Gasteiger partial charge in [0.2, 0.25) is 0 Å². The molecule has 0 N–H and O–H groups in total. The lowest BCUT2D eigenvalue weighted by Gasteiger charge is -2.07. The van der Waals surface area contributed by atoms with E-state index in [0.29, 0.717) is 17.2 Å². The van der Waals surface area contributed by atoms with Crippen LogP contribution in [-0.4, -0.2) is 20.2 Å². The molecule has 0 aromatic heterocycles. The molecule has 2 aromatic rings. The number of hydrogen-bond acceptors (Lipinski definition) is 4. The van der Waals surface area contributed by atoms with Crippen molar-refractivity contribution in [3.8, 4) is 17.2 Å². The van der Waals surface area contributed by atoms with Crippen molar-refractivity contribution in [1.82, 2.24) is 0 Å². The smallest absolute Gasteiger partial charge is 0.336 e. The highest BCUT2D eigenvalue weighted by atomic mass is 16.5. The summed E-state index contributed by atoms with van der Waals surface area (Å²) in [5.74, 6) is 1.38. The minimum Gasteiger partial charge on any atom is -0.497 e. The molecule has 2 aromatic carbocycles. The van der Waals surface area contributed by atoms with Gasteiger partial charge >= 0.3 is 5.97 Å². The van der Waals surface area contributed by atoms with Crippen LogP contribution in [0.25, 0.3) is 6.08 Å². The summed E-state index contributed by atoms with van der Waals surface area (Å²) >= 11 is 0. The first-order valence-corrected chi connectivity index (χ1v) is 6.40. The molecule has 0 bridgehead atoms. The second-order valence-corrected chi connectivity index (χ2v) is 4.18. The Morgan fingerprint density at radius 3 is 2.38 bits per heavy atom. The summed E-state index contributed by atoms with van der Waals surface area (Å²) in [5.41, 5.74) is 0.767. The minimum atomic E-state index is -0.445. The van der Waals surface area contributed by atoms with E-state index in [-0.39, 0.29) is 0 Å². The molecular formula is C17H16O4. The van der Waals surface area contributed by atoms with Crippen LogP contribution >= 0.6 is 0 Å². The van der Waals surface area contributed by atoms with Gasteiger partial charge in [-0.05, 0) is 30.3 Å². The van der Waals surface area contributed by atoms with Gasteiger partial charge in [-0.3, -0.25) is 0 Å². The van der Waals surface area contributed by atoms with Crippen molar-refractivity contribution >= 4 is 12.0 Å². The van der Waals surface area contributed by atoms with Crippen LogP contribution in [0.15, 0.2) is 54.6 Å². The van der Waals surface area contributed by atoms with Crippen LogP contribution in [0.4, 0.5) is 0 Å². The summed E-state index contributed by atoms with van der Waals surface area (Å²) in [7, 11) is 3.15. The normalized spacial score (nSPS) is 10.4. The van der Waals surface area contributed by atoms with E-state index in [4.69, 9.17) is 14.2 Å². The summed E-state index contributed by atoms with van der Waals surface area (Å²) < 4.78 is 15.5. The molecule has 0 spiro atoms. The highest BCUT2D eigenvalue weighted by Crippen LogP contribution is 2.25. The van der Waals surface area contributed by atoms with Crippen molar-refractivity contribution in [3.05, 3.63) is 60.2 Å². The first-order chi connectivity index (χ1) is 10.2. The molecule has 0 heterocycles. The van der Waals surface area contributed by atoms with Gasteiger partial charge in [0.05, 0.1) is 14.2 Å². The lowest BCUT2D eigenvalue weighted by atomic mass is 10.2. The van der Waals surface area contributed by atoms with Crippen LogP contribution < -0.4 is 14.2 Å². The molecule has 108 valence electrons. The Labute approximate surface area is 123 Å². The first kappa shape index (κ1) is 14.7. The van der Waals surface area contributed by atoms with E-state index in [0.717, 1.165) is 5.56 Å². The zero-order chi connectivity index (χ0) is 15.1. The Bertz CT molecular complexity index is 632. The first-order valence-electron chi connectivity index (χ1n) is 6.40. The van der Waals surface area contributed by atoms with E-state index < -0.39 is 5.97 Å². The van der Waals surface area contributed by atoms with E-state index in [1.807, 2.05) is 12.1 Å². The predicted octanol–water partition coefficient (Wildman–Crippen LogP) is 3.32. The standard InChI is InChI=1S/C17H16O4/c1-19-15-10-8-13(16(12-15)20-2)9-11-17(18)21-14-6-4-3-5-7-14/h3-12H,1-2H3. The molecule has 0 aliphatic carbocycles. The van der Waals surface area contributed by atoms with E-state index >= 15 is 0 Å². The van der Waals surface area contributed by atoms with Gasteiger partial charge in [0, 0.05) is 17.7 Å². The Balaban J connectivity index is 2.08. The van der Waals surface area contributed by atoms with Crippen LogP contribution in [-0.2, 0) is 4.79 Å². The molecule has 4 nitrogen and oxygen atoms in total. The number of hydrogen-bond donors (Lipinski definition) is 0. The third-order valence-electron chi connectivity index (χ3n) is 2.80. The van der Waals surface area contributed by atoms with Gasteiger partial charge in [0.1, 0.15) is 17.2 Å². The highest BCUT2D eigenvalue weighted by Gasteiger charge is 2.04. The van der Waals surface area contributed by atoms with Crippen molar-refractivity contribution in [1.29, 1.82) is 0 Å². The number of para-hydroxylation sites is 1. The number of rotatable bonds is 5. The van der Waals surface area contributed by atoms with Crippen LogP contribution in [0.3, 0.4) is 0 Å². The number of carbonyl (C=O) groups excluding carboxylic acids is 1. The SMILES string of the molecule is COc1ccc(C=CC(=O)Oc2ccccc2)c(OC)c1. The average Bonchev–Trinajstić information content (AvgIpc) is 2.53. The summed E-state index contributed by atoms with van der Waals surface area (Å²) in [5, 5.41) is 0. The quantitative estimate of drug-likeness (QED) is 0.480. The number of benzene rings is 2. The maximum atomic E-state index is 11.7. The maximum Gasteiger partial charge on any atom is 0.336 e. The Morgan fingerprint density at radius 1 is 0.952 bits per heavy atom. The second-order valence-electron chi connectivity index (χ2n) is 4.18. The third-order valence-corrected chi connectivity index (χ3v) is 2.80. The molecule has 0 aliphatic rings. The maximum absolute atomic E-state index is 11.7. The van der Waals surface area contributed by atoms with Gasteiger partial charge < -0.3 is 14.2 Å². The largest absolute Gasteiger partial charge is 0.497 e. The third kappa shape index (κ3) is 4.11. The summed E-state index contributed by atoms with van der Waals surface area (Å²) in [4.78, 5) is 11.7. The van der Waals surface area contributed by atoms with Gasteiger partial charge in [-0.1, -0.05) is 18.2 Å². The summed E-state index contributed by atoms with van der Waals surface area (Å²) in [6.45, 7) is 0. The molecule has 0 saturated heterocycles. The van der Waals surface area contributed by atoms with Crippen LogP contribution in [0.5, 0.6) is 17.2 Å². The Hall–Kier alpha value is -2.75. The monoisotopic (exact) mass is 284 g/mol. The fourth-order valence-corrected chi connectivity index (χ4v) is 1.75. The van der Waals surface area contributed by atoms with Crippen molar-refractivity contribution < 1.29 is 19.0 Å². The number of carbonyl (C=O) groups is 1. The molecule has 2 rings (SSSR count). The molecule has 4 heteroatoms. The van der Waals surface area contributed by atoms with E-state index in [9.17, 15) is 4.79 Å². The summed E-state index contributed by atoms with van der Waals surface area (Å²) in [6, 6.07) is 14.3. The molecule has 0 saturated carbocycles. The van der Waals surface area contributed by atoms with E-state index in [1.54, 1.807) is 56.7 Å². The van der Waals surface area contributed by atoms with Crippen molar-refractivity contribution in [2.45, 2.75) is 0 Å². The lowest BCUT2D eigenvalue weighted by Crippen LogP contribution is -2.03. The molecule has 0 amide bonds. The molecule has 0 unspecified atom stereocenters. The van der Waals surface area contributed by atoms with Crippen LogP contribution in [0.2, 0.25) is 0 Å². The van der Waals surface area contributed by atoms with Crippen molar-refractivity contribution in [2.75, 3.05) is 14.2 Å². The van der Waals surface area contributed by atoms with E-state index in [1.165, 1.54) is 6.08 Å². The number of esters is 1. The van der Waals surface area contributed by atoms with Gasteiger partial charge in [-0.2, -0.15) is 0 Å². The van der Waals surface area contributed by atoms with Crippen molar-refractivity contribution in [3.63, 3.8) is 0 Å². The van der Waals surface area contributed by atoms with Crippen LogP contribution in [0.1, 0.15) is 5.56 Å². The summed E-state index contributed by atoms with van der Waals surface area (Å²) in [6.07, 6.45) is 3.00. The van der Waals surface area contributed by atoms with Crippen LogP contribution in [0, 0.1) is 0 Å².